The van der Waals surface area contributed by atoms with Gasteiger partial charge in [0.2, 0.25) is 0 Å². The number of nitrogens with zero attached hydrogens (tertiary/aromatic N) is 1. The average Bonchev–Trinajstić information content (AvgIpc) is 2.94. The molecule has 0 atom stereocenters. The van der Waals surface area contributed by atoms with Crippen LogP contribution < -0.4 is 10.1 Å². The number of rotatable bonds is 5. The lowest BCUT2D eigenvalue weighted by molar-refractivity contribution is 0.0702. The highest BCUT2D eigenvalue weighted by Gasteiger charge is 2.08. The number of anilines is 1. The number of hydrogen-bond donors (Lipinski definition) is 2. The van der Waals surface area contributed by atoms with Crippen molar-refractivity contribution in [2.24, 2.45) is 0 Å². The van der Waals surface area contributed by atoms with Crippen molar-refractivity contribution < 1.29 is 14.6 Å². The molecule has 0 amide bonds. The van der Waals surface area contributed by atoms with E-state index in [1.54, 1.807) is 30.3 Å². The molecule has 0 aliphatic rings. The monoisotopic (exact) mass is 288 g/mol. The van der Waals surface area contributed by atoms with E-state index < -0.39 is 5.97 Å². The Balaban J connectivity index is 2.10. The van der Waals surface area contributed by atoms with Crippen LogP contribution in [0.2, 0.25) is 0 Å². The Bertz CT molecular complexity index is 673. The van der Waals surface area contributed by atoms with Crippen LogP contribution in [0.5, 0.6) is 5.75 Å². The Kier molecular flexibility index (Phi) is 4.23. The number of carbonyl (C=O) groups is 1. The Labute approximate surface area is 120 Å². The van der Waals surface area contributed by atoms with Crippen LogP contribution in [0.25, 0.3) is 0 Å². The number of thiophene rings is 1. The minimum atomic E-state index is -0.919. The zero-order valence-corrected chi connectivity index (χ0v) is 11.5. The molecule has 0 aliphatic carbocycles. The van der Waals surface area contributed by atoms with Crippen molar-refractivity contribution in [1.29, 1.82) is 5.26 Å². The maximum atomic E-state index is 10.8. The van der Waals surface area contributed by atoms with Gasteiger partial charge in [-0.15, -0.1) is 11.3 Å². The number of carboxylic acids is 1. The zero-order chi connectivity index (χ0) is 14.5. The minimum Gasteiger partial charge on any atom is -0.495 e. The first-order valence-electron chi connectivity index (χ1n) is 5.78. The van der Waals surface area contributed by atoms with E-state index >= 15 is 0 Å². The third-order valence-electron chi connectivity index (χ3n) is 2.66. The zero-order valence-electron chi connectivity index (χ0n) is 10.7. The summed E-state index contributed by atoms with van der Waals surface area (Å²) in [6.07, 6.45) is 0. The SMILES string of the molecule is COc1cc(C#N)ccc1NCc1ccc(C(=O)O)s1. The molecule has 0 aliphatic heterocycles. The van der Waals surface area contributed by atoms with Crippen molar-refractivity contribution in [2.45, 2.75) is 6.54 Å². The van der Waals surface area contributed by atoms with Gasteiger partial charge >= 0.3 is 5.97 Å². The van der Waals surface area contributed by atoms with Crippen LogP contribution >= 0.6 is 11.3 Å². The van der Waals surface area contributed by atoms with Crippen molar-refractivity contribution in [1.82, 2.24) is 0 Å². The van der Waals surface area contributed by atoms with Gasteiger partial charge in [-0.25, -0.2) is 4.79 Å². The number of methoxy groups -OCH3 is 1. The number of carboxylic acid groups (broad SMARTS) is 1. The number of nitrogens with one attached hydrogen (secondary N) is 1. The van der Waals surface area contributed by atoms with E-state index in [0.29, 0.717) is 22.7 Å². The molecule has 0 unspecified atom stereocenters. The molecule has 0 saturated carbocycles. The Morgan fingerprint density at radius 3 is 2.85 bits per heavy atom. The predicted molar refractivity (Wildman–Crippen MR) is 76.3 cm³/mol. The topological polar surface area (TPSA) is 82.3 Å². The summed E-state index contributed by atoms with van der Waals surface area (Å²) in [5.74, 6) is -0.337. The van der Waals surface area contributed by atoms with E-state index in [4.69, 9.17) is 15.1 Å². The fourth-order valence-corrected chi connectivity index (χ4v) is 2.46. The molecule has 1 heterocycles. The lowest BCUT2D eigenvalue weighted by Gasteiger charge is -2.10. The molecule has 2 rings (SSSR count). The summed E-state index contributed by atoms with van der Waals surface area (Å²) in [6, 6.07) is 10.5. The number of ether oxygens (including phenoxy) is 1. The summed E-state index contributed by atoms with van der Waals surface area (Å²) < 4.78 is 5.22. The van der Waals surface area contributed by atoms with Gasteiger partial charge in [0, 0.05) is 17.5 Å². The normalized spacial score (nSPS) is 9.80. The lowest BCUT2D eigenvalue weighted by atomic mass is 10.2. The maximum absolute atomic E-state index is 10.8. The van der Waals surface area contributed by atoms with E-state index in [0.717, 1.165) is 10.6 Å². The van der Waals surface area contributed by atoms with Crippen molar-refractivity contribution in [2.75, 3.05) is 12.4 Å². The summed E-state index contributed by atoms with van der Waals surface area (Å²) in [6.45, 7) is 0.500. The van der Waals surface area contributed by atoms with Gasteiger partial charge < -0.3 is 15.2 Å². The predicted octanol–water partition coefficient (Wildman–Crippen LogP) is 2.94. The van der Waals surface area contributed by atoms with E-state index in [-0.39, 0.29) is 0 Å². The van der Waals surface area contributed by atoms with E-state index in [2.05, 4.69) is 5.32 Å². The Morgan fingerprint density at radius 1 is 1.45 bits per heavy atom. The van der Waals surface area contributed by atoms with Gasteiger partial charge in [0.15, 0.2) is 0 Å². The van der Waals surface area contributed by atoms with Gasteiger partial charge in [-0.1, -0.05) is 0 Å². The van der Waals surface area contributed by atoms with Gasteiger partial charge in [-0.3, -0.25) is 0 Å². The molecule has 1 aromatic heterocycles. The first kappa shape index (κ1) is 13.9. The second-order valence-electron chi connectivity index (χ2n) is 3.95. The molecule has 0 bridgehead atoms. The van der Waals surface area contributed by atoms with Crippen LogP contribution in [0.4, 0.5) is 5.69 Å². The largest absolute Gasteiger partial charge is 0.495 e. The molecule has 102 valence electrons. The number of benzene rings is 1. The van der Waals surface area contributed by atoms with Crippen molar-refractivity contribution in [3.63, 3.8) is 0 Å². The maximum Gasteiger partial charge on any atom is 0.345 e. The molecular weight excluding hydrogens is 276 g/mol. The molecule has 0 fully saturated rings. The molecule has 0 spiro atoms. The molecule has 2 aromatic rings. The summed E-state index contributed by atoms with van der Waals surface area (Å²) in [7, 11) is 1.54. The lowest BCUT2D eigenvalue weighted by Crippen LogP contribution is -2.00. The number of nitriles is 1. The first-order valence-corrected chi connectivity index (χ1v) is 6.59. The highest BCUT2D eigenvalue weighted by atomic mass is 32.1. The second-order valence-corrected chi connectivity index (χ2v) is 5.12. The molecule has 0 saturated heterocycles. The standard InChI is InChI=1S/C14H12N2O3S/c1-19-12-6-9(7-15)2-4-11(12)16-8-10-3-5-13(20-10)14(17)18/h2-6,16H,8H2,1H3,(H,17,18). The molecule has 0 radical (unpaired) electrons. The summed E-state index contributed by atoms with van der Waals surface area (Å²) >= 11 is 1.23. The van der Waals surface area contributed by atoms with E-state index in [9.17, 15) is 4.79 Å². The highest BCUT2D eigenvalue weighted by Crippen LogP contribution is 2.26. The van der Waals surface area contributed by atoms with Crippen LogP contribution in [0.3, 0.4) is 0 Å². The third kappa shape index (κ3) is 3.08. The van der Waals surface area contributed by atoms with Crippen molar-refractivity contribution in [3.8, 4) is 11.8 Å². The molecule has 20 heavy (non-hydrogen) atoms. The fraction of sp³-hybridized carbons (Fsp3) is 0.143. The van der Waals surface area contributed by atoms with Crippen LogP contribution in [0, 0.1) is 11.3 Å². The fourth-order valence-electron chi connectivity index (χ4n) is 1.68. The quantitative estimate of drug-likeness (QED) is 0.884. The van der Waals surface area contributed by atoms with Gasteiger partial charge in [0.1, 0.15) is 10.6 Å². The molecule has 6 heteroatoms. The first-order chi connectivity index (χ1) is 9.63. The van der Waals surface area contributed by atoms with Crippen molar-refractivity contribution in [3.05, 3.63) is 45.6 Å². The van der Waals surface area contributed by atoms with Gasteiger partial charge in [0.25, 0.3) is 0 Å². The van der Waals surface area contributed by atoms with Crippen molar-refractivity contribution >= 4 is 23.0 Å². The van der Waals surface area contributed by atoms with Gasteiger partial charge in [-0.05, 0) is 24.3 Å². The Hall–Kier alpha value is -2.52. The van der Waals surface area contributed by atoms with Crippen LogP contribution in [0.15, 0.2) is 30.3 Å². The molecule has 1 aromatic carbocycles. The summed E-state index contributed by atoms with van der Waals surface area (Å²) in [5, 5.41) is 20.9. The molecule has 2 N–H and O–H groups in total. The van der Waals surface area contributed by atoms with Gasteiger partial charge in [-0.2, -0.15) is 5.26 Å². The minimum absolute atomic E-state index is 0.314. The van der Waals surface area contributed by atoms with Crippen LogP contribution in [0.1, 0.15) is 20.1 Å². The van der Waals surface area contributed by atoms with Gasteiger partial charge in [0.05, 0.1) is 24.4 Å². The smallest absolute Gasteiger partial charge is 0.345 e. The number of hydrogen-bond acceptors (Lipinski definition) is 5. The van der Waals surface area contributed by atoms with Crippen LogP contribution in [-0.4, -0.2) is 18.2 Å². The average molecular weight is 288 g/mol. The van der Waals surface area contributed by atoms with Crippen LogP contribution in [-0.2, 0) is 6.54 Å². The molecule has 5 nitrogen and oxygen atoms in total. The highest BCUT2D eigenvalue weighted by molar-refractivity contribution is 7.13. The molecular formula is C14H12N2O3S. The second kappa shape index (κ2) is 6.08. The third-order valence-corrected chi connectivity index (χ3v) is 3.73. The van der Waals surface area contributed by atoms with E-state index in [1.165, 1.54) is 18.4 Å². The summed E-state index contributed by atoms with van der Waals surface area (Å²) in [5.41, 5.74) is 1.29. The number of aromatic carboxylic acids is 1. The van der Waals surface area contributed by atoms with E-state index in [1.807, 2.05) is 6.07 Å². The summed E-state index contributed by atoms with van der Waals surface area (Å²) in [4.78, 5) is 12.0. The Morgan fingerprint density at radius 2 is 2.25 bits per heavy atom.